The summed E-state index contributed by atoms with van der Waals surface area (Å²) in [5.41, 5.74) is 6.39. The number of carbonyl (C=O) groups is 1. The molecule has 1 aromatic heterocycles. The van der Waals surface area contributed by atoms with Crippen LogP contribution in [0.1, 0.15) is 36.2 Å². The molecule has 0 radical (unpaired) electrons. The Hall–Kier alpha value is -1.62. The molecule has 1 aliphatic rings. The monoisotopic (exact) mass is 249 g/mol. The number of anilines is 1. The number of aliphatic hydroxyl groups is 1. The van der Waals surface area contributed by atoms with Gasteiger partial charge in [0.25, 0.3) is 5.91 Å². The minimum absolute atomic E-state index is 0.132. The normalized spacial score (nSPS) is 23.7. The number of amides is 1. The van der Waals surface area contributed by atoms with Gasteiger partial charge in [0.1, 0.15) is 0 Å². The molecule has 1 saturated carbocycles. The molecule has 5 heteroatoms. The van der Waals surface area contributed by atoms with E-state index in [0.717, 1.165) is 25.7 Å². The molecule has 5 nitrogen and oxygen atoms in total. The molecule has 0 aliphatic heterocycles. The van der Waals surface area contributed by atoms with Crippen LogP contribution in [0.3, 0.4) is 0 Å². The van der Waals surface area contributed by atoms with E-state index in [1.54, 1.807) is 30.3 Å². The number of hydrogen-bond donors (Lipinski definition) is 2. The van der Waals surface area contributed by atoms with Gasteiger partial charge in [-0.15, -0.1) is 0 Å². The smallest absolute Gasteiger partial charge is 0.274 e. The Morgan fingerprint density at radius 3 is 2.89 bits per heavy atom. The van der Waals surface area contributed by atoms with Crippen molar-refractivity contribution in [3.05, 3.63) is 24.0 Å². The molecule has 1 aliphatic carbocycles. The number of nitrogens with zero attached hydrogens (tertiary/aromatic N) is 2. The molecule has 1 fully saturated rings. The van der Waals surface area contributed by atoms with Crippen LogP contribution in [-0.4, -0.2) is 40.1 Å². The van der Waals surface area contributed by atoms with Crippen LogP contribution in [0.4, 0.5) is 5.69 Å². The maximum atomic E-state index is 12.3. The molecule has 2 unspecified atom stereocenters. The second kappa shape index (κ2) is 5.35. The Kier molecular flexibility index (Phi) is 3.81. The Balaban J connectivity index is 2.16. The molecule has 2 rings (SSSR count). The SMILES string of the molecule is CN(C(=O)c1ncccc1N)C1CCCCC1O. The van der Waals surface area contributed by atoms with E-state index in [2.05, 4.69) is 4.98 Å². The molecule has 0 aromatic carbocycles. The number of likely N-dealkylation sites (N-methyl/N-ethyl adjacent to an activating group) is 1. The van der Waals surface area contributed by atoms with E-state index < -0.39 is 6.10 Å². The first kappa shape index (κ1) is 12.8. The topological polar surface area (TPSA) is 79.5 Å². The fourth-order valence-corrected chi connectivity index (χ4v) is 2.46. The van der Waals surface area contributed by atoms with E-state index in [-0.39, 0.29) is 17.6 Å². The van der Waals surface area contributed by atoms with Gasteiger partial charge in [0.2, 0.25) is 0 Å². The van der Waals surface area contributed by atoms with Gasteiger partial charge < -0.3 is 15.7 Å². The van der Waals surface area contributed by atoms with Gasteiger partial charge in [0.15, 0.2) is 5.69 Å². The van der Waals surface area contributed by atoms with Crippen LogP contribution in [0.15, 0.2) is 18.3 Å². The molecule has 1 amide bonds. The lowest BCUT2D eigenvalue weighted by molar-refractivity contribution is 0.0265. The average molecular weight is 249 g/mol. The Labute approximate surface area is 107 Å². The highest BCUT2D eigenvalue weighted by molar-refractivity contribution is 5.97. The molecule has 1 aromatic rings. The minimum atomic E-state index is -0.447. The highest BCUT2D eigenvalue weighted by atomic mass is 16.3. The van der Waals surface area contributed by atoms with Gasteiger partial charge in [-0.2, -0.15) is 0 Å². The van der Waals surface area contributed by atoms with Crippen molar-refractivity contribution < 1.29 is 9.90 Å². The third-order valence-corrected chi connectivity index (χ3v) is 3.55. The van der Waals surface area contributed by atoms with Gasteiger partial charge >= 0.3 is 0 Å². The van der Waals surface area contributed by atoms with E-state index in [0.29, 0.717) is 5.69 Å². The van der Waals surface area contributed by atoms with E-state index >= 15 is 0 Å². The van der Waals surface area contributed by atoms with Crippen molar-refractivity contribution in [3.8, 4) is 0 Å². The lowest BCUT2D eigenvalue weighted by Crippen LogP contribution is -2.46. The van der Waals surface area contributed by atoms with Gasteiger partial charge in [0, 0.05) is 13.2 Å². The van der Waals surface area contributed by atoms with Crippen LogP contribution in [0.5, 0.6) is 0 Å². The summed E-state index contributed by atoms with van der Waals surface area (Å²) in [5.74, 6) is -0.223. The summed E-state index contributed by atoms with van der Waals surface area (Å²) in [6, 6.07) is 3.22. The molecule has 0 saturated heterocycles. The number of aliphatic hydroxyl groups excluding tert-OH is 1. The maximum Gasteiger partial charge on any atom is 0.274 e. The zero-order valence-electron chi connectivity index (χ0n) is 10.5. The minimum Gasteiger partial charge on any atom is -0.397 e. The summed E-state index contributed by atoms with van der Waals surface area (Å²) in [7, 11) is 1.70. The first-order chi connectivity index (χ1) is 8.61. The summed E-state index contributed by atoms with van der Waals surface area (Å²) in [5, 5.41) is 9.96. The lowest BCUT2D eigenvalue weighted by atomic mass is 9.91. The number of aromatic nitrogens is 1. The van der Waals surface area contributed by atoms with Crippen LogP contribution in [-0.2, 0) is 0 Å². The summed E-state index contributed by atoms with van der Waals surface area (Å²) < 4.78 is 0. The molecular weight excluding hydrogens is 230 g/mol. The number of carbonyl (C=O) groups excluding carboxylic acids is 1. The van der Waals surface area contributed by atoms with E-state index in [1.165, 1.54) is 0 Å². The summed E-state index contributed by atoms with van der Waals surface area (Å²) in [6.07, 6.45) is 4.74. The largest absolute Gasteiger partial charge is 0.397 e. The lowest BCUT2D eigenvalue weighted by Gasteiger charge is -2.35. The second-order valence-corrected chi connectivity index (χ2v) is 4.78. The molecule has 1 heterocycles. The van der Waals surface area contributed by atoms with Crippen molar-refractivity contribution in [2.24, 2.45) is 0 Å². The Morgan fingerprint density at radius 2 is 2.22 bits per heavy atom. The standard InChI is InChI=1S/C13H19N3O2/c1-16(10-6-2-3-7-11(10)17)13(18)12-9(14)5-4-8-15-12/h4-5,8,10-11,17H,2-3,6-7,14H2,1H3. The van der Waals surface area contributed by atoms with Crippen LogP contribution in [0, 0.1) is 0 Å². The van der Waals surface area contributed by atoms with Crippen molar-refractivity contribution in [2.75, 3.05) is 12.8 Å². The zero-order valence-corrected chi connectivity index (χ0v) is 10.5. The van der Waals surface area contributed by atoms with Crippen molar-refractivity contribution in [1.82, 2.24) is 9.88 Å². The van der Waals surface area contributed by atoms with Crippen LogP contribution in [0.25, 0.3) is 0 Å². The van der Waals surface area contributed by atoms with Gasteiger partial charge in [-0.1, -0.05) is 12.8 Å². The van der Waals surface area contributed by atoms with Gasteiger partial charge in [-0.25, -0.2) is 4.98 Å². The second-order valence-electron chi connectivity index (χ2n) is 4.78. The number of rotatable bonds is 2. The number of hydrogen-bond acceptors (Lipinski definition) is 4. The third-order valence-electron chi connectivity index (χ3n) is 3.55. The molecule has 2 atom stereocenters. The van der Waals surface area contributed by atoms with Crippen molar-refractivity contribution in [1.29, 1.82) is 0 Å². The highest BCUT2D eigenvalue weighted by Gasteiger charge is 2.30. The molecule has 0 spiro atoms. The van der Waals surface area contributed by atoms with Crippen molar-refractivity contribution >= 4 is 11.6 Å². The first-order valence-corrected chi connectivity index (χ1v) is 6.27. The fraction of sp³-hybridized carbons (Fsp3) is 0.538. The fourth-order valence-electron chi connectivity index (χ4n) is 2.46. The quantitative estimate of drug-likeness (QED) is 0.820. The van der Waals surface area contributed by atoms with Crippen LogP contribution in [0.2, 0.25) is 0 Å². The molecular formula is C13H19N3O2. The zero-order chi connectivity index (χ0) is 13.1. The third kappa shape index (κ3) is 2.46. The molecule has 18 heavy (non-hydrogen) atoms. The number of nitrogen functional groups attached to an aromatic ring is 1. The Bertz CT molecular complexity index is 436. The van der Waals surface area contributed by atoms with Gasteiger partial charge in [-0.3, -0.25) is 4.79 Å². The predicted molar refractivity (Wildman–Crippen MR) is 69.0 cm³/mol. The van der Waals surface area contributed by atoms with Crippen LogP contribution < -0.4 is 5.73 Å². The number of nitrogens with two attached hydrogens (primary N) is 1. The molecule has 3 N–H and O–H groups in total. The van der Waals surface area contributed by atoms with Crippen molar-refractivity contribution in [3.63, 3.8) is 0 Å². The highest BCUT2D eigenvalue weighted by Crippen LogP contribution is 2.24. The van der Waals surface area contributed by atoms with E-state index in [9.17, 15) is 9.90 Å². The predicted octanol–water partition coefficient (Wildman–Crippen LogP) is 1.04. The average Bonchev–Trinajstić information content (AvgIpc) is 2.38. The van der Waals surface area contributed by atoms with E-state index in [4.69, 9.17) is 5.73 Å². The number of pyridine rings is 1. The summed E-state index contributed by atoms with van der Waals surface area (Å²) in [6.45, 7) is 0. The molecule has 98 valence electrons. The maximum absolute atomic E-state index is 12.3. The first-order valence-electron chi connectivity index (χ1n) is 6.27. The van der Waals surface area contributed by atoms with Crippen LogP contribution >= 0.6 is 0 Å². The Morgan fingerprint density at radius 1 is 1.50 bits per heavy atom. The summed E-state index contributed by atoms with van der Waals surface area (Å²) >= 11 is 0. The van der Waals surface area contributed by atoms with Gasteiger partial charge in [-0.05, 0) is 25.0 Å². The summed E-state index contributed by atoms with van der Waals surface area (Å²) in [4.78, 5) is 17.9. The van der Waals surface area contributed by atoms with Crippen molar-refractivity contribution in [2.45, 2.75) is 37.8 Å². The van der Waals surface area contributed by atoms with E-state index in [1.807, 2.05) is 0 Å². The molecule has 0 bridgehead atoms. The van der Waals surface area contributed by atoms with Gasteiger partial charge in [0.05, 0.1) is 17.8 Å².